The maximum absolute atomic E-state index is 12.6. The van der Waals surface area contributed by atoms with E-state index in [-0.39, 0.29) is 5.91 Å². The summed E-state index contributed by atoms with van der Waals surface area (Å²) in [5.74, 6) is 0.158. The molecule has 2 aromatic heterocycles. The smallest absolute Gasteiger partial charge is 0.259 e. The normalized spacial score (nSPS) is 12.3. The molecule has 7 heteroatoms. The number of hydrogen-bond donors (Lipinski definition) is 1. The third-order valence-electron chi connectivity index (χ3n) is 3.88. The molecule has 0 saturated heterocycles. The maximum atomic E-state index is 12.6. The Balaban J connectivity index is 2.03. The number of amides is 1. The zero-order valence-corrected chi connectivity index (χ0v) is 15.1. The van der Waals surface area contributed by atoms with Crippen molar-refractivity contribution in [3.8, 4) is 11.3 Å². The third-order valence-corrected chi connectivity index (χ3v) is 4.66. The molecule has 6 nitrogen and oxygen atoms in total. The minimum absolute atomic E-state index is 0.252. The molecule has 0 radical (unpaired) electrons. The first-order valence-electron chi connectivity index (χ1n) is 7.88. The van der Waals surface area contributed by atoms with E-state index >= 15 is 0 Å². The van der Waals surface area contributed by atoms with Gasteiger partial charge in [0.15, 0.2) is 0 Å². The fourth-order valence-corrected chi connectivity index (χ4v) is 2.94. The first-order chi connectivity index (χ1) is 12.0. The SMILES string of the molecule is Cc1ccc(-c2cc(C(=O)NCCS(C)=O)c3c(C)noc3n2)cc1. The van der Waals surface area contributed by atoms with Crippen molar-refractivity contribution in [2.45, 2.75) is 13.8 Å². The Hall–Kier alpha value is -2.54. The summed E-state index contributed by atoms with van der Waals surface area (Å²) in [5, 5.41) is 7.33. The summed E-state index contributed by atoms with van der Waals surface area (Å²) in [5.41, 5.74) is 4.09. The van der Waals surface area contributed by atoms with Crippen LogP contribution in [0, 0.1) is 13.8 Å². The van der Waals surface area contributed by atoms with Gasteiger partial charge in [0.1, 0.15) is 0 Å². The molecule has 0 aliphatic carbocycles. The zero-order chi connectivity index (χ0) is 18.0. The van der Waals surface area contributed by atoms with Crippen LogP contribution in [0.25, 0.3) is 22.4 Å². The number of carbonyl (C=O) groups excluding carboxylic acids is 1. The minimum Gasteiger partial charge on any atom is -0.351 e. The van der Waals surface area contributed by atoms with Gasteiger partial charge in [0.2, 0.25) is 0 Å². The maximum Gasteiger partial charge on any atom is 0.259 e. The number of aryl methyl sites for hydroxylation is 2. The number of nitrogens with zero attached hydrogens (tertiary/aromatic N) is 2. The molecule has 0 aliphatic rings. The fourth-order valence-electron chi connectivity index (χ4n) is 2.55. The zero-order valence-electron chi connectivity index (χ0n) is 14.3. The first-order valence-corrected chi connectivity index (χ1v) is 9.60. The quantitative estimate of drug-likeness (QED) is 0.759. The average Bonchev–Trinajstić information content (AvgIpc) is 2.95. The molecule has 0 fully saturated rings. The van der Waals surface area contributed by atoms with Crippen molar-refractivity contribution in [1.82, 2.24) is 15.5 Å². The molecule has 0 aliphatic heterocycles. The summed E-state index contributed by atoms with van der Waals surface area (Å²) < 4.78 is 16.5. The predicted molar refractivity (Wildman–Crippen MR) is 98.0 cm³/mol. The van der Waals surface area contributed by atoms with E-state index in [2.05, 4.69) is 15.5 Å². The second-order valence-corrected chi connectivity index (χ2v) is 7.46. The topological polar surface area (TPSA) is 85.1 Å². The van der Waals surface area contributed by atoms with Crippen LogP contribution >= 0.6 is 0 Å². The first kappa shape index (κ1) is 17.3. The molecule has 25 heavy (non-hydrogen) atoms. The number of benzene rings is 1. The molecular weight excluding hydrogens is 338 g/mol. The van der Waals surface area contributed by atoms with Crippen LogP contribution in [0.5, 0.6) is 0 Å². The monoisotopic (exact) mass is 357 g/mol. The highest BCUT2D eigenvalue weighted by Gasteiger charge is 2.19. The Labute approximate surface area is 148 Å². The Morgan fingerprint density at radius 2 is 1.96 bits per heavy atom. The summed E-state index contributed by atoms with van der Waals surface area (Å²) in [4.78, 5) is 17.1. The van der Waals surface area contributed by atoms with Gasteiger partial charge in [-0.1, -0.05) is 35.0 Å². The van der Waals surface area contributed by atoms with Crippen molar-refractivity contribution in [2.24, 2.45) is 0 Å². The molecule has 0 bridgehead atoms. The van der Waals surface area contributed by atoms with Gasteiger partial charge >= 0.3 is 0 Å². The number of carbonyl (C=O) groups is 1. The van der Waals surface area contributed by atoms with Gasteiger partial charge in [-0.05, 0) is 19.9 Å². The van der Waals surface area contributed by atoms with Gasteiger partial charge in [-0.25, -0.2) is 4.98 Å². The van der Waals surface area contributed by atoms with E-state index in [0.717, 1.165) is 11.1 Å². The van der Waals surface area contributed by atoms with E-state index in [1.54, 1.807) is 19.2 Å². The molecule has 1 N–H and O–H groups in total. The van der Waals surface area contributed by atoms with Crippen molar-refractivity contribution in [3.63, 3.8) is 0 Å². The van der Waals surface area contributed by atoms with Gasteiger partial charge in [-0.3, -0.25) is 9.00 Å². The molecule has 1 unspecified atom stereocenters. The number of hydrogen-bond acceptors (Lipinski definition) is 5. The lowest BCUT2D eigenvalue weighted by Crippen LogP contribution is -2.27. The molecule has 1 amide bonds. The lowest BCUT2D eigenvalue weighted by Gasteiger charge is -2.08. The van der Waals surface area contributed by atoms with Crippen LogP contribution in [0.4, 0.5) is 0 Å². The van der Waals surface area contributed by atoms with Crippen LogP contribution < -0.4 is 5.32 Å². The van der Waals surface area contributed by atoms with Crippen molar-refractivity contribution in [2.75, 3.05) is 18.6 Å². The third kappa shape index (κ3) is 3.76. The van der Waals surface area contributed by atoms with Crippen LogP contribution in [0.3, 0.4) is 0 Å². The molecule has 1 atom stereocenters. The Morgan fingerprint density at radius 3 is 2.64 bits per heavy atom. The van der Waals surface area contributed by atoms with Crippen molar-refractivity contribution < 1.29 is 13.5 Å². The standard InChI is InChI=1S/C18H19N3O3S/c1-11-4-6-13(7-5-11)15-10-14(17(22)19-8-9-25(3)23)16-12(2)21-24-18(16)20-15/h4-7,10H,8-9H2,1-3H3,(H,19,22). The van der Waals surface area contributed by atoms with Crippen molar-refractivity contribution >= 4 is 27.8 Å². The number of aromatic nitrogens is 2. The number of pyridine rings is 1. The average molecular weight is 357 g/mol. The molecule has 0 spiro atoms. The minimum atomic E-state index is -0.956. The van der Waals surface area contributed by atoms with Gasteiger partial charge in [0, 0.05) is 34.9 Å². The number of rotatable bonds is 5. The van der Waals surface area contributed by atoms with Crippen LogP contribution in [-0.2, 0) is 10.8 Å². The highest BCUT2D eigenvalue weighted by Crippen LogP contribution is 2.27. The van der Waals surface area contributed by atoms with Gasteiger partial charge in [0.25, 0.3) is 11.6 Å². The summed E-state index contributed by atoms with van der Waals surface area (Å²) in [6.07, 6.45) is 1.61. The van der Waals surface area contributed by atoms with Crippen LogP contribution in [-0.4, -0.2) is 38.8 Å². The van der Waals surface area contributed by atoms with E-state index in [0.29, 0.717) is 40.3 Å². The summed E-state index contributed by atoms with van der Waals surface area (Å²) in [6, 6.07) is 9.63. The molecule has 130 valence electrons. The Morgan fingerprint density at radius 1 is 1.24 bits per heavy atom. The van der Waals surface area contributed by atoms with Gasteiger partial charge in [-0.2, -0.15) is 0 Å². The van der Waals surface area contributed by atoms with E-state index in [1.165, 1.54) is 0 Å². The lowest BCUT2D eigenvalue weighted by molar-refractivity contribution is 0.0957. The largest absolute Gasteiger partial charge is 0.351 e. The number of fused-ring (bicyclic) bond motifs is 1. The number of nitrogens with one attached hydrogen (secondary N) is 1. The van der Waals surface area contributed by atoms with Gasteiger partial charge in [0.05, 0.1) is 22.3 Å². The molecule has 0 saturated carbocycles. The van der Waals surface area contributed by atoms with E-state index in [4.69, 9.17) is 4.52 Å². The van der Waals surface area contributed by atoms with Crippen LogP contribution in [0.15, 0.2) is 34.9 Å². The molecular formula is C18H19N3O3S. The van der Waals surface area contributed by atoms with Crippen molar-refractivity contribution in [3.05, 3.63) is 47.2 Å². The van der Waals surface area contributed by atoms with E-state index in [9.17, 15) is 9.00 Å². The second kappa shape index (κ2) is 7.14. The molecule has 3 rings (SSSR count). The fraction of sp³-hybridized carbons (Fsp3) is 0.278. The molecule has 2 heterocycles. The van der Waals surface area contributed by atoms with E-state index in [1.807, 2.05) is 31.2 Å². The van der Waals surface area contributed by atoms with Crippen LogP contribution in [0.2, 0.25) is 0 Å². The summed E-state index contributed by atoms with van der Waals surface area (Å²) in [7, 11) is -0.956. The Bertz CT molecular complexity index is 948. The predicted octanol–water partition coefficient (Wildman–Crippen LogP) is 2.61. The van der Waals surface area contributed by atoms with E-state index < -0.39 is 10.8 Å². The van der Waals surface area contributed by atoms with Crippen LogP contribution in [0.1, 0.15) is 21.6 Å². The molecule has 3 aromatic rings. The van der Waals surface area contributed by atoms with Crippen molar-refractivity contribution in [1.29, 1.82) is 0 Å². The highest BCUT2D eigenvalue weighted by molar-refractivity contribution is 7.84. The lowest BCUT2D eigenvalue weighted by atomic mass is 10.0. The highest BCUT2D eigenvalue weighted by atomic mass is 32.2. The summed E-state index contributed by atoms with van der Waals surface area (Å²) in [6.45, 7) is 4.13. The second-order valence-electron chi connectivity index (χ2n) is 5.90. The van der Waals surface area contributed by atoms with Gasteiger partial charge < -0.3 is 9.84 Å². The Kier molecular flexibility index (Phi) is 4.94. The van der Waals surface area contributed by atoms with Gasteiger partial charge in [-0.15, -0.1) is 0 Å². The molecule has 1 aromatic carbocycles. The summed E-state index contributed by atoms with van der Waals surface area (Å²) >= 11 is 0.